The molecule has 52 valence electrons. The number of allylic oxidation sites excluding steroid dienone is 4. The maximum atomic E-state index is 5.39. The number of hydrogen-bond acceptors (Lipinski definition) is 1. The average molecular weight is 125 g/mol. The van der Waals surface area contributed by atoms with Gasteiger partial charge in [-0.05, 0) is 18.9 Å². The van der Waals surface area contributed by atoms with Gasteiger partial charge in [-0.25, -0.2) is 0 Å². The molecule has 1 heteroatoms. The van der Waals surface area contributed by atoms with Gasteiger partial charge in [-0.1, -0.05) is 26.0 Å². The van der Waals surface area contributed by atoms with Gasteiger partial charge in [0, 0.05) is 5.70 Å². The maximum absolute atomic E-state index is 5.39. The topological polar surface area (TPSA) is 26.0 Å². The van der Waals surface area contributed by atoms with Gasteiger partial charge in [-0.2, -0.15) is 0 Å². The van der Waals surface area contributed by atoms with Crippen molar-refractivity contribution >= 4 is 0 Å². The third-order valence-corrected chi connectivity index (χ3v) is 0.855. The highest BCUT2D eigenvalue weighted by Crippen LogP contribution is 1.93. The van der Waals surface area contributed by atoms with Gasteiger partial charge in [-0.15, -0.1) is 0 Å². The number of rotatable bonds is 2. The van der Waals surface area contributed by atoms with E-state index in [-0.39, 0.29) is 0 Å². The Morgan fingerprint density at radius 2 is 2.00 bits per heavy atom. The Morgan fingerprint density at radius 1 is 1.44 bits per heavy atom. The first kappa shape index (κ1) is 8.28. The molecule has 0 aromatic carbocycles. The van der Waals surface area contributed by atoms with E-state index < -0.39 is 0 Å². The summed E-state index contributed by atoms with van der Waals surface area (Å²) in [5.74, 6) is 0.612. The van der Waals surface area contributed by atoms with Crippen molar-refractivity contribution in [3.63, 3.8) is 0 Å². The van der Waals surface area contributed by atoms with E-state index in [9.17, 15) is 0 Å². The number of nitrogens with two attached hydrogens (primary N) is 1. The molecule has 0 radical (unpaired) electrons. The Hall–Kier alpha value is -0.720. The molecule has 0 spiro atoms. The lowest BCUT2D eigenvalue weighted by Crippen LogP contribution is -1.87. The molecule has 0 amide bonds. The SMILES string of the molecule is C/C(N)=C/C=C/C(C)C. The molecule has 0 aromatic heterocycles. The van der Waals surface area contributed by atoms with Gasteiger partial charge in [0.1, 0.15) is 0 Å². The summed E-state index contributed by atoms with van der Waals surface area (Å²) in [5.41, 5.74) is 6.24. The van der Waals surface area contributed by atoms with Crippen LogP contribution >= 0.6 is 0 Å². The Morgan fingerprint density at radius 3 is 2.33 bits per heavy atom. The van der Waals surface area contributed by atoms with Crippen molar-refractivity contribution in [1.82, 2.24) is 0 Å². The van der Waals surface area contributed by atoms with E-state index in [1.807, 2.05) is 19.1 Å². The van der Waals surface area contributed by atoms with Gasteiger partial charge >= 0.3 is 0 Å². The molecule has 9 heavy (non-hydrogen) atoms. The lowest BCUT2D eigenvalue weighted by molar-refractivity contribution is 0.832. The molecule has 1 nitrogen and oxygen atoms in total. The van der Waals surface area contributed by atoms with Crippen LogP contribution in [-0.4, -0.2) is 0 Å². The maximum Gasteiger partial charge on any atom is 0.00487 e. The molecule has 0 saturated carbocycles. The average Bonchev–Trinajstić information content (AvgIpc) is 1.63. The van der Waals surface area contributed by atoms with Crippen molar-refractivity contribution < 1.29 is 0 Å². The molecule has 0 atom stereocenters. The van der Waals surface area contributed by atoms with Gasteiger partial charge < -0.3 is 5.73 Å². The van der Waals surface area contributed by atoms with E-state index in [0.717, 1.165) is 5.70 Å². The fourth-order valence-corrected chi connectivity index (χ4v) is 0.430. The zero-order chi connectivity index (χ0) is 7.28. The predicted octanol–water partition coefficient (Wildman–Crippen LogP) is 2.06. The first-order chi connectivity index (χ1) is 4.13. The second kappa shape index (κ2) is 4.19. The number of hydrogen-bond donors (Lipinski definition) is 1. The van der Waals surface area contributed by atoms with E-state index in [1.165, 1.54) is 0 Å². The summed E-state index contributed by atoms with van der Waals surface area (Å²) in [6, 6.07) is 0. The van der Waals surface area contributed by atoms with Gasteiger partial charge in [0.15, 0.2) is 0 Å². The van der Waals surface area contributed by atoms with Crippen LogP contribution in [0.5, 0.6) is 0 Å². The summed E-state index contributed by atoms with van der Waals surface area (Å²) in [6.07, 6.45) is 6.00. The highest BCUT2D eigenvalue weighted by Gasteiger charge is 1.79. The third-order valence-electron chi connectivity index (χ3n) is 0.855. The quantitative estimate of drug-likeness (QED) is 0.562. The van der Waals surface area contributed by atoms with Crippen LogP contribution in [0, 0.1) is 5.92 Å². The van der Waals surface area contributed by atoms with Gasteiger partial charge in [0.05, 0.1) is 0 Å². The zero-order valence-corrected chi connectivity index (χ0v) is 6.39. The predicted molar refractivity (Wildman–Crippen MR) is 41.9 cm³/mol. The molecule has 0 aliphatic heterocycles. The molecular formula is C8H15N. The Kier molecular flexibility index (Phi) is 3.85. The Labute approximate surface area is 57.3 Å². The van der Waals surface area contributed by atoms with Crippen molar-refractivity contribution in [2.24, 2.45) is 11.7 Å². The first-order valence-electron chi connectivity index (χ1n) is 3.23. The molecule has 0 aliphatic carbocycles. The Balaban J connectivity index is 3.60. The van der Waals surface area contributed by atoms with Gasteiger partial charge in [0.2, 0.25) is 0 Å². The second-order valence-corrected chi connectivity index (χ2v) is 2.54. The van der Waals surface area contributed by atoms with Crippen LogP contribution in [0.3, 0.4) is 0 Å². The van der Waals surface area contributed by atoms with Crippen LogP contribution in [0.15, 0.2) is 23.9 Å². The van der Waals surface area contributed by atoms with Crippen LogP contribution in [-0.2, 0) is 0 Å². The molecule has 0 rings (SSSR count). The van der Waals surface area contributed by atoms with Crippen LogP contribution < -0.4 is 5.73 Å². The van der Waals surface area contributed by atoms with E-state index in [2.05, 4.69) is 19.9 Å². The summed E-state index contributed by atoms with van der Waals surface area (Å²) in [4.78, 5) is 0. The molecule has 0 bridgehead atoms. The van der Waals surface area contributed by atoms with Crippen LogP contribution in [0.25, 0.3) is 0 Å². The third kappa shape index (κ3) is 7.28. The minimum Gasteiger partial charge on any atom is -0.402 e. The summed E-state index contributed by atoms with van der Waals surface area (Å²) in [6.45, 7) is 6.15. The molecule has 0 aliphatic rings. The summed E-state index contributed by atoms with van der Waals surface area (Å²) < 4.78 is 0. The molecule has 0 aromatic rings. The fraction of sp³-hybridized carbons (Fsp3) is 0.500. The van der Waals surface area contributed by atoms with Gasteiger partial charge in [-0.3, -0.25) is 0 Å². The summed E-state index contributed by atoms with van der Waals surface area (Å²) >= 11 is 0. The molecule has 2 N–H and O–H groups in total. The van der Waals surface area contributed by atoms with Crippen molar-refractivity contribution in [2.75, 3.05) is 0 Å². The van der Waals surface area contributed by atoms with Crippen LogP contribution in [0.2, 0.25) is 0 Å². The monoisotopic (exact) mass is 125 g/mol. The second-order valence-electron chi connectivity index (χ2n) is 2.54. The van der Waals surface area contributed by atoms with Gasteiger partial charge in [0.25, 0.3) is 0 Å². The lowest BCUT2D eigenvalue weighted by atomic mass is 10.2. The normalized spacial score (nSPS) is 13.6. The molecule has 0 saturated heterocycles. The smallest absolute Gasteiger partial charge is 0.00487 e. The first-order valence-corrected chi connectivity index (χ1v) is 3.23. The van der Waals surface area contributed by atoms with Crippen LogP contribution in [0.1, 0.15) is 20.8 Å². The highest BCUT2D eigenvalue weighted by molar-refractivity contribution is 5.07. The molecule has 0 fully saturated rings. The molecular weight excluding hydrogens is 110 g/mol. The van der Waals surface area contributed by atoms with E-state index in [1.54, 1.807) is 0 Å². The minimum absolute atomic E-state index is 0.612. The van der Waals surface area contributed by atoms with E-state index in [0.29, 0.717) is 5.92 Å². The van der Waals surface area contributed by atoms with Crippen molar-refractivity contribution in [3.8, 4) is 0 Å². The fourth-order valence-electron chi connectivity index (χ4n) is 0.430. The Bertz CT molecular complexity index is 117. The largest absolute Gasteiger partial charge is 0.402 e. The van der Waals surface area contributed by atoms with Crippen molar-refractivity contribution in [2.45, 2.75) is 20.8 Å². The van der Waals surface area contributed by atoms with Crippen molar-refractivity contribution in [1.29, 1.82) is 0 Å². The summed E-state index contributed by atoms with van der Waals surface area (Å²) in [5, 5.41) is 0. The van der Waals surface area contributed by atoms with Crippen LogP contribution in [0.4, 0.5) is 0 Å². The minimum atomic E-state index is 0.612. The van der Waals surface area contributed by atoms with E-state index in [4.69, 9.17) is 5.73 Å². The van der Waals surface area contributed by atoms with Crippen molar-refractivity contribution in [3.05, 3.63) is 23.9 Å². The zero-order valence-electron chi connectivity index (χ0n) is 6.39. The molecule has 0 heterocycles. The molecule has 0 unspecified atom stereocenters. The lowest BCUT2D eigenvalue weighted by Gasteiger charge is -1.89. The summed E-state index contributed by atoms with van der Waals surface area (Å²) in [7, 11) is 0. The standard InChI is InChI=1S/C8H15N/c1-7(2)5-4-6-8(3)9/h4-7H,9H2,1-3H3/b5-4+,8-6-. The van der Waals surface area contributed by atoms with E-state index >= 15 is 0 Å². The highest BCUT2D eigenvalue weighted by atomic mass is 14.5.